The predicted octanol–water partition coefficient (Wildman–Crippen LogP) is -0.201. The molecule has 2 rings (SSSR count). The van der Waals surface area contributed by atoms with E-state index < -0.39 is 6.04 Å². The average molecular weight is 279 g/mol. The number of amides is 1. The van der Waals surface area contributed by atoms with E-state index in [9.17, 15) is 9.90 Å². The van der Waals surface area contributed by atoms with Crippen molar-refractivity contribution in [2.24, 2.45) is 5.84 Å². The molecule has 1 aliphatic heterocycles. The van der Waals surface area contributed by atoms with Crippen LogP contribution in [0.25, 0.3) is 0 Å². The molecule has 1 amide bonds. The normalized spacial score (nSPS) is 25.1. The molecule has 1 aromatic rings. The molecule has 1 saturated heterocycles. The molecular formula is C14H21N3O3. The molecule has 0 spiro atoms. The van der Waals surface area contributed by atoms with Gasteiger partial charge in [-0.2, -0.15) is 0 Å². The van der Waals surface area contributed by atoms with Crippen LogP contribution in [0.3, 0.4) is 0 Å². The van der Waals surface area contributed by atoms with Gasteiger partial charge in [-0.3, -0.25) is 15.1 Å². The first-order valence-electron chi connectivity index (χ1n) is 6.71. The summed E-state index contributed by atoms with van der Waals surface area (Å²) in [7, 11) is 0. The molecule has 20 heavy (non-hydrogen) atoms. The van der Waals surface area contributed by atoms with Gasteiger partial charge in [0, 0.05) is 13.1 Å². The van der Waals surface area contributed by atoms with Gasteiger partial charge in [0.1, 0.15) is 6.04 Å². The molecule has 110 valence electrons. The van der Waals surface area contributed by atoms with Crippen LogP contribution in [0.15, 0.2) is 30.3 Å². The molecule has 1 aliphatic rings. The Hall–Kier alpha value is -1.47. The number of nitrogens with two attached hydrogens (primary N) is 1. The van der Waals surface area contributed by atoms with Crippen LogP contribution in [0.1, 0.15) is 18.5 Å². The van der Waals surface area contributed by atoms with Crippen molar-refractivity contribution in [1.82, 2.24) is 10.3 Å². The summed E-state index contributed by atoms with van der Waals surface area (Å²) in [4.78, 5) is 14.1. The number of morpholine rings is 1. The number of rotatable bonds is 4. The van der Waals surface area contributed by atoms with Gasteiger partial charge in [0.25, 0.3) is 5.91 Å². The van der Waals surface area contributed by atoms with E-state index in [-0.39, 0.29) is 24.7 Å². The fraction of sp³-hybridized carbons (Fsp3) is 0.500. The number of nitrogens with zero attached hydrogens (tertiary/aromatic N) is 1. The molecule has 1 heterocycles. The van der Waals surface area contributed by atoms with Crippen LogP contribution in [-0.4, -0.2) is 47.8 Å². The Morgan fingerprint density at radius 1 is 1.50 bits per heavy atom. The van der Waals surface area contributed by atoms with Crippen molar-refractivity contribution in [3.05, 3.63) is 35.9 Å². The van der Waals surface area contributed by atoms with E-state index in [1.54, 1.807) is 0 Å². The molecule has 0 radical (unpaired) electrons. The molecule has 0 aliphatic carbocycles. The lowest BCUT2D eigenvalue weighted by Crippen LogP contribution is -2.53. The number of hydrogen-bond acceptors (Lipinski definition) is 5. The Kier molecular flexibility index (Phi) is 5.08. The van der Waals surface area contributed by atoms with Gasteiger partial charge < -0.3 is 9.84 Å². The maximum atomic E-state index is 12.1. The maximum Gasteiger partial charge on any atom is 0.255 e. The van der Waals surface area contributed by atoms with Gasteiger partial charge in [0.2, 0.25) is 0 Å². The van der Waals surface area contributed by atoms with Crippen LogP contribution >= 0.6 is 0 Å². The number of hydrazine groups is 1. The highest BCUT2D eigenvalue weighted by Gasteiger charge is 2.34. The first-order valence-corrected chi connectivity index (χ1v) is 6.71. The molecule has 0 saturated carbocycles. The molecule has 3 atom stereocenters. The van der Waals surface area contributed by atoms with Crippen molar-refractivity contribution in [3.8, 4) is 0 Å². The predicted molar refractivity (Wildman–Crippen MR) is 74.5 cm³/mol. The number of nitrogens with one attached hydrogen (secondary N) is 1. The lowest BCUT2D eigenvalue weighted by Gasteiger charge is -2.39. The summed E-state index contributed by atoms with van der Waals surface area (Å²) in [6.45, 7) is 2.97. The molecule has 3 unspecified atom stereocenters. The minimum atomic E-state index is -0.471. The Morgan fingerprint density at radius 2 is 2.20 bits per heavy atom. The maximum absolute atomic E-state index is 12.1. The van der Waals surface area contributed by atoms with E-state index in [4.69, 9.17) is 10.6 Å². The Morgan fingerprint density at radius 3 is 2.80 bits per heavy atom. The third-order valence-corrected chi connectivity index (χ3v) is 3.43. The molecule has 6 heteroatoms. The topological polar surface area (TPSA) is 87.8 Å². The zero-order valence-electron chi connectivity index (χ0n) is 11.5. The first-order chi connectivity index (χ1) is 9.65. The molecule has 4 N–H and O–H groups in total. The standard InChI is InChI=1S/C14H21N3O3/c1-10-7-17(8-12(9-18)20-10)13(14(19)16-15)11-5-3-2-4-6-11/h2-6,10,12-13,18H,7-9,15H2,1H3,(H,16,19). The summed E-state index contributed by atoms with van der Waals surface area (Å²) in [5, 5.41) is 9.30. The van der Waals surface area contributed by atoms with E-state index in [0.717, 1.165) is 5.56 Å². The van der Waals surface area contributed by atoms with E-state index >= 15 is 0 Å². The van der Waals surface area contributed by atoms with E-state index in [1.165, 1.54) is 0 Å². The lowest BCUT2D eigenvalue weighted by molar-refractivity contribution is -0.137. The fourth-order valence-corrected chi connectivity index (χ4v) is 2.63. The van der Waals surface area contributed by atoms with Gasteiger partial charge in [0.15, 0.2) is 0 Å². The van der Waals surface area contributed by atoms with Crippen molar-refractivity contribution in [2.75, 3.05) is 19.7 Å². The number of carbonyl (C=O) groups excluding carboxylic acids is 1. The number of benzene rings is 1. The fourth-order valence-electron chi connectivity index (χ4n) is 2.63. The van der Waals surface area contributed by atoms with E-state index in [1.807, 2.05) is 42.2 Å². The third kappa shape index (κ3) is 3.34. The molecule has 0 bridgehead atoms. The minimum Gasteiger partial charge on any atom is -0.394 e. The summed E-state index contributed by atoms with van der Waals surface area (Å²) >= 11 is 0. The lowest BCUT2D eigenvalue weighted by atomic mass is 10.0. The SMILES string of the molecule is CC1CN(C(C(=O)NN)c2ccccc2)CC(CO)O1. The summed E-state index contributed by atoms with van der Waals surface area (Å²) < 4.78 is 5.61. The summed E-state index contributed by atoms with van der Waals surface area (Å²) in [6.07, 6.45) is -0.326. The van der Waals surface area contributed by atoms with E-state index in [2.05, 4.69) is 5.43 Å². The number of aliphatic hydroxyl groups is 1. The zero-order chi connectivity index (χ0) is 14.5. The van der Waals surface area contributed by atoms with Crippen LogP contribution in [-0.2, 0) is 9.53 Å². The van der Waals surface area contributed by atoms with Crippen LogP contribution in [0.5, 0.6) is 0 Å². The van der Waals surface area contributed by atoms with Gasteiger partial charge in [-0.15, -0.1) is 0 Å². The highest BCUT2D eigenvalue weighted by Crippen LogP contribution is 2.25. The second-order valence-corrected chi connectivity index (χ2v) is 5.03. The Balaban J connectivity index is 2.25. The summed E-state index contributed by atoms with van der Waals surface area (Å²) in [5.41, 5.74) is 3.10. The van der Waals surface area contributed by atoms with Gasteiger partial charge >= 0.3 is 0 Å². The zero-order valence-corrected chi connectivity index (χ0v) is 11.5. The Labute approximate surface area is 118 Å². The van der Waals surface area contributed by atoms with Crippen molar-refractivity contribution < 1.29 is 14.6 Å². The molecule has 1 aromatic carbocycles. The van der Waals surface area contributed by atoms with Crippen LogP contribution in [0.2, 0.25) is 0 Å². The average Bonchev–Trinajstić information content (AvgIpc) is 2.47. The van der Waals surface area contributed by atoms with Gasteiger partial charge in [-0.1, -0.05) is 30.3 Å². The monoisotopic (exact) mass is 279 g/mol. The largest absolute Gasteiger partial charge is 0.394 e. The third-order valence-electron chi connectivity index (χ3n) is 3.43. The van der Waals surface area contributed by atoms with Crippen LogP contribution in [0, 0.1) is 0 Å². The molecule has 6 nitrogen and oxygen atoms in total. The van der Waals surface area contributed by atoms with Gasteiger partial charge in [-0.05, 0) is 12.5 Å². The molecule has 0 aromatic heterocycles. The molecule has 1 fully saturated rings. The Bertz CT molecular complexity index is 441. The van der Waals surface area contributed by atoms with Gasteiger partial charge in [-0.25, -0.2) is 5.84 Å². The number of aliphatic hydroxyl groups excluding tert-OH is 1. The number of ether oxygens (including phenoxy) is 1. The smallest absolute Gasteiger partial charge is 0.255 e. The number of hydrogen-bond donors (Lipinski definition) is 3. The van der Waals surface area contributed by atoms with Crippen LogP contribution in [0.4, 0.5) is 0 Å². The van der Waals surface area contributed by atoms with Crippen molar-refractivity contribution in [2.45, 2.75) is 25.2 Å². The van der Waals surface area contributed by atoms with Crippen molar-refractivity contribution >= 4 is 5.91 Å². The highest BCUT2D eigenvalue weighted by molar-refractivity contribution is 5.82. The van der Waals surface area contributed by atoms with Crippen LogP contribution < -0.4 is 11.3 Å². The van der Waals surface area contributed by atoms with Crippen molar-refractivity contribution in [1.29, 1.82) is 0 Å². The minimum absolute atomic E-state index is 0.0438. The second kappa shape index (κ2) is 6.81. The van der Waals surface area contributed by atoms with Crippen molar-refractivity contribution in [3.63, 3.8) is 0 Å². The molecular weight excluding hydrogens is 258 g/mol. The summed E-state index contributed by atoms with van der Waals surface area (Å²) in [6, 6.07) is 9.00. The van der Waals surface area contributed by atoms with Gasteiger partial charge in [0.05, 0.1) is 18.8 Å². The quantitative estimate of drug-likeness (QED) is 0.403. The number of carbonyl (C=O) groups is 1. The second-order valence-electron chi connectivity index (χ2n) is 5.03. The first kappa shape index (κ1) is 14.9. The van der Waals surface area contributed by atoms with E-state index in [0.29, 0.717) is 13.1 Å². The summed E-state index contributed by atoms with van der Waals surface area (Å²) in [5.74, 6) is 5.05. The highest BCUT2D eigenvalue weighted by atomic mass is 16.5.